The van der Waals surface area contributed by atoms with Crippen molar-refractivity contribution in [2.24, 2.45) is 0 Å². The van der Waals surface area contributed by atoms with Gasteiger partial charge in [-0.2, -0.15) is 0 Å². The second-order valence-electron chi connectivity index (χ2n) is 8.46. The Morgan fingerprint density at radius 3 is 2.76 bits per heavy atom. The largest absolute Gasteiger partial charge is 0.370 e. The zero-order valence-corrected chi connectivity index (χ0v) is 17.5. The van der Waals surface area contributed by atoms with Crippen molar-refractivity contribution in [3.05, 3.63) is 51.6 Å². The van der Waals surface area contributed by atoms with Gasteiger partial charge in [0.1, 0.15) is 13.1 Å². The van der Waals surface area contributed by atoms with Gasteiger partial charge in [0, 0.05) is 5.52 Å². The second kappa shape index (κ2) is 7.68. The number of aryl methyl sites for hydroxylation is 1. The molecule has 0 spiro atoms. The molecule has 1 fully saturated rings. The van der Waals surface area contributed by atoms with Gasteiger partial charge in [0.25, 0.3) is 5.56 Å². The van der Waals surface area contributed by atoms with Crippen molar-refractivity contribution < 1.29 is 9.64 Å². The molecule has 154 valence electrons. The molecule has 8 heteroatoms. The number of hydrogen-bond acceptors (Lipinski definition) is 5. The lowest BCUT2D eigenvalue weighted by molar-refractivity contribution is -0.934. The molecule has 0 radical (unpaired) electrons. The van der Waals surface area contributed by atoms with Crippen molar-refractivity contribution in [1.29, 1.82) is 0 Å². The lowest BCUT2D eigenvalue weighted by Crippen LogP contribution is -3.14. The maximum atomic E-state index is 13.1. The molecule has 4 rings (SSSR count). The van der Waals surface area contributed by atoms with E-state index in [1.54, 1.807) is 0 Å². The number of pyridine rings is 1. The number of aromatic nitrogens is 5. The number of aromatic amines is 1. The minimum absolute atomic E-state index is 0.0887. The highest BCUT2D eigenvalue weighted by Gasteiger charge is 2.37. The molecule has 0 bridgehead atoms. The van der Waals surface area contributed by atoms with Gasteiger partial charge in [0.05, 0.1) is 24.3 Å². The number of tetrazole rings is 1. The standard InChI is InChI=1S/C21H28N6O2/c1-5-21(3,4)27-19(23-24-25-27)18(26-8-10-29-11-9-26)16-13-15-12-14(2)6-7-17(15)22-20(16)28/h6-7,12-13,18H,5,8-11H2,1-4H3,(H,22,28)/p+1/t18-/m1/s1. The maximum Gasteiger partial charge on any atom is 0.258 e. The van der Waals surface area contributed by atoms with Gasteiger partial charge in [-0.15, -0.1) is 5.10 Å². The van der Waals surface area contributed by atoms with Gasteiger partial charge < -0.3 is 14.6 Å². The normalized spacial score (nSPS) is 17.0. The highest BCUT2D eigenvalue weighted by Crippen LogP contribution is 2.25. The summed E-state index contributed by atoms with van der Waals surface area (Å²) < 4.78 is 7.46. The van der Waals surface area contributed by atoms with Crippen LogP contribution >= 0.6 is 0 Å². The molecule has 29 heavy (non-hydrogen) atoms. The van der Waals surface area contributed by atoms with E-state index in [9.17, 15) is 4.79 Å². The number of benzene rings is 1. The predicted octanol–water partition coefficient (Wildman–Crippen LogP) is 0.973. The molecule has 2 N–H and O–H groups in total. The summed E-state index contributed by atoms with van der Waals surface area (Å²) in [6, 6.07) is 7.81. The molecule has 8 nitrogen and oxygen atoms in total. The number of rotatable bonds is 5. The third-order valence-corrected chi connectivity index (χ3v) is 6.07. The molecule has 2 aromatic heterocycles. The molecule has 0 amide bonds. The van der Waals surface area contributed by atoms with E-state index >= 15 is 0 Å². The summed E-state index contributed by atoms with van der Waals surface area (Å²) in [5, 5.41) is 13.7. The highest BCUT2D eigenvalue weighted by atomic mass is 16.5. The Hall–Kier alpha value is -2.58. The molecule has 1 saturated heterocycles. The van der Waals surface area contributed by atoms with Gasteiger partial charge in [0.15, 0.2) is 6.04 Å². The van der Waals surface area contributed by atoms with Crippen LogP contribution in [0.1, 0.15) is 50.2 Å². The molecule has 3 heterocycles. The van der Waals surface area contributed by atoms with Gasteiger partial charge >= 0.3 is 0 Å². The van der Waals surface area contributed by atoms with Gasteiger partial charge in [-0.1, -0.05) is 18.6 Å². The zero-order valence-electron chi connectivity index (χ0n) is 17.5. The fourth-order valence-electron chi connectivity index (χ4n) is 3.98. The Balaban J connectivity index is 1.91. The number of ether oxygens (including phenoxy) is 1. The molecule has 1 atom stereocenters. The third kappa shape index (κ3) is 3.70. The van der Waals surface area contributed by atoms with Crippen LogP contribution in [0, 0.1) is 6.92 Å². The molecule has 0 unspecified atom stereocenters. The van der Waals surface area contributed by atoms with Gasteiger partial charge in [-0.3, -0.25) is 4.79 Å². The first-order valence-corrected chi connectivity index (χ1v) is 10.3. The average molecular weight is 398 g/mol. The summed E-state index contributed by atoms with van der Waals surface area (Å²) in [4.78, 5) is 17.5. The van der Waals surface area contributed by atoms with Crippen LogP contribution in [0.4, 0.5) is 0 Å². The number of nitrogens with one attached hydrogen (secondary N) is 2. The van der Waals surface area contributed by atoms with E-state index < -0.39 is 0 Å². The van der Waals surface area contributed by atoms with Crippen molar-refractivity contribution in [3.63, 3.8) is 0 Å². The van der Waals surface area contributed by atoms with Crippen LogP contribution in [0.25, 0.3) is 10.9 Å². The number of morpholine rings is 1. The van der Waals surface area contributed by atoms with Crippen molar-refractivity contribution >= 4 is 10.9 Å². The van der Waals surface area contributed by atoms with E-state index in [-0.39, 0.29) is 17.1 Å². The summed E-state index contributed by atoms with van der Waals surface area (Å²) in [6.45, 7) is 11.3. The fraction of sp³-hybridized carbons (Fsp3) is 0.524. The topological polar surface area (TPSA) is 90.1 Å². The molecule has 3 aromatic rings. The quantitative estimate of drug-likeness (QED) is 0.670. The maximum absolute atomic E-state index is 13.1. The Morgan fingerprint density at radius 2 is 2.03 bits per heavy atom. The highest BCUT2D eigenvalue weighted by molar-refractivity contribution is 5.79. The van der Waals surface area contributed by atoms with Crippen molar-refractivity contribution in [2.75, 3.05) is 26.3 Å². The van der Waals surface area contributed by atoms with Crippen LogP contribution in [0.15, 0.2) is 29.1 Å². The minimum atomic E-state index is -0.256. The van der Waals surface area contributed by atoms with Crippen LogP contribution in [-0.2, 0) is 10.3 Å². The SMILES string of the molecule is CCC(C)(C)n1nnnc1[C@@H](c1cc2cc(C)ccc2[nH]c1=O)[NH+]1CCOCC1. The molecular weight excluding hydrogens is 368 g/mol. The lowest BCUT2D eigenvalue weighted by atomic mass is 9.99. The number of hydrogen-bond donors (Lipinski definition) is 2. The van der Waals surface area contributed by atoms with E-state index in [0.717, 1.165) is 41.8 Å². The second-order valence-corrected chi connectivity index (χ2v) is 8.46. The van der Waals surface area contributed by atoms with Gasteiger partial charge in [0.2, 0.25) is 5.82 Å². The van der Waals surface area contributed by atoms with E-state index in [4.69, 9.17) is 4.74 Å². The first-order valence-electron chi connectivity index (χ1n) is 10.3. The minimum Gasteiger partial charge on any atom is -0.370 e. The Morgan fingerprint density at radius 1 is 1.28 bits per heavy atom. The molecule has 1 aromatic carbocycles. The number of fused-ring (bicyclic) bond motifs is 1. The van der Waals surface area contributed by atoms with Crippen LogP contribution in [0.3, 0.4) is 0 Å². The van der Waals surface area contributed by atoms with E-state index in [2.05, 4.69) is 54.3 Å². The first-order chi connectivity index (χ1) is 13.9. The van der Waals surface area contributed by atoms with Crippen molar-refractivity contribution in [2.45, 2.75) is 45.7 Å². The first kappa shape index (κ1) is 19.7. The summed E-state index contributed by atoms with van der Waals surface area (Å²) >= 11 is 0. The summed E-state index contributed by atoms with van der Waals surface area (Å²) in [5.41, 5.74) is 2.36. The Bertz CT molecular complexity index is 1060. The summed E-state index contributed by atoms with van der Waals surface area (Å²) in [7, 11) is 0. The smallest absolute Gasteiger partial charge is 0.258 e. The van der Waals surface area contributed by atoms with Crippen LogP contribution in [-0.4, -0.2) is 51.5 Å². The third-order valence-electron chi connectivity index (χ3n) is 6.07. The number of H-pyrrole nitrogens is 1. The van der Waals surface area contributed by atoms with Crippen LogP contribution in [0.2, 0.25) is 0 Å². The van der Waals surface area contributed by atoms with E-state index in [1.807, 2.05) is 22.9 Å². The van der Waals surface area contributed by atoms with Gasteiger partial charge in [-0.25, -0.2) is 4.68 Å². The fourth-order valence-corrected chi connectivity index (χ4v) is 3.98. The van der Waals surface area contributed by atoms with Crippen LogP contribution in [0.5, 0.6) is 0 Å². The zero-order chi connectivity index (χ0) is 20.6. The molecule has 1 aliphatic heterocycles. The summed E-state index contributed by atoms with van der Waals surface area (Å²) in [6.07, 6.45) is 0.878. The van der Waals surface area contributed by atoms with Crippen molar-refractivity contribution in [1.82, 2.24) is 25.2 Å². The van der Waals surface area contributed by atoms with Crippen molar-refractivity contribution in [3.8, 4) is 0 Å². The Labute approximate surface area is 169 Å². The van der Waals surface area contributed by atoms with Gasteiger partial charge in [-0.05, 0) is 61.2 Å². The molecule has 0 aliphatic carbocycles. The molecular formula is C21H29N6O2+. The van der Waals surface area contributed by atoms with Crippen LogP contribution < -0.4 is 10.5 Å². The van der Waals surface area contributed by atoms with E-state index in [0.29, 0.717) is 18.8 Å². The molecule has 0 saturated carbocycles. The summed E-state index contributed by atoms with van der Waals surface area (Å²) in [5.74, 6) is 0.728. The molecule has 1 aliphatic rings. The predicted molar refractivity (Wildman–Crippen MR) is 110 cm³/mol. The Kier molecular flexibility index (Phi) is 5.23. The number of quaternary nitrogens is 1. The monoisotopic (exact) mass is 397 g/mol. The average Bonchev–Trinajstić information content (AvgIpc) is 3.20. The lowest BCUT2D eigenvalue weighted by Gasteiger charge is -2.32. The van der Waals surface area contributed by atoms with E-state index in [1.165, 1.54) is 4.90 Å². The number of nitrogens with zero attached hydrogens (tertiary/aromatic N) is 4.